The predicted octanol–water partition coefficient (Wildman–Crippen LogP) is 3.72. The molecule has 2 aromatic rings. The van der Waals surface area contributed by atoms with Gasteiger partial charge in [-0.2, -0.15) is 0 Å². The topological polar surface area (TPSA) is 34.1 Å². The van der Waals surface area contributed by atoms with E-state index in [2.05, 4.69) is 15.0 Å². The van der Waals surface area contributed by atoms with E-state index in [-0.39, 0.29) is 5.75 Å². The maximum absolute atomic E-state index is 11.9. The summed E-state index contributed by atoms with van der Waals surface area (Å²) >= 11 is 0. The van der Waals surface area contributed by atoms with Crippen LogP contribution in [0.1, 0.15) is 0 Å². The molecule has 18 heavy (non-hydrogen) atoms. The molecule has 0 unspecified atom stereocenters. The molecule has 0 aliphatic carbocycles. The summed E-state index contributed by atoms with van der Waals surface area (Å²) in [6.07, 6.45) is -3.06. The first-order chi connectivity index (χ1) is 8.53. The lowest BCUT2D eigenvalue weighted by Gasteiger charge is -2.10. The third kappa shape index (κ3) is 3.65. The van der Waals surface area contributed by atoms with Gasteiger partial charge in [-0.1, -0.05) is 6.07 Å². The van der Waals surface area contributed by atoms with Crippen molar-refractivity contribution in [2.24, 2.45) is 0 Å². The largest absolute Gasteiger partial charge is 0.573 e. The molecular weight excluding hydrogens is 245 g/mol. The molecule has 0 aliphatic heterocycles. The molecule has 0 atom stereocenters. The lowest BCUT2D eigenvalue weighted by atomic mass is 10.3. The fraction of sp³-hybridized carbons (Fsp3) is 0.0833. The summed E-state index contributed by atoms with van der Waals surface area (Å²) in [7, 11) is 0. The lowest BCUT2D eigenvalue weighted by molar-refractivity contribution is -0.274. The number of alkyl halides is 3. The molecule has 94 valence electrons. The monoisotopic (exact) mass is 254 g/mol. The van der Waals surface area contributed by atoms with Crippen molar-refractivity contribution >= 4 is 11.5 Å². The Bertz CT molecular complexity index is 497. The average molecular weight is 254 g/mol. The highest BCUT2D eigenvalue weighted by Crippen LogP contribution is 2.24. The van der Waals surface area contributed by atoms with E-state index in [4.69, 9.17) is 0 Å². The fourth-order valence-electron chi connectivity index (χ4n) is 1.32. The SMILES string of the molecule is FC(F)(F)Oc1ccc(Nc2ccccn2)cc1. The van der Waals surface area contributed by atoms with Crippen LogP contribution in [0.5, 0.6) is 5.75 Å². The van der Waals surface area contributed by atoms with Gasteiger partial charge in [0.2, 0.25) is 0 Å². The van der Waals surface area contributed by atoms with Crippen LogP contribution in [0.3, 0.4) is 0 Å². The van der Waals surface area contributed by atoms with Crippen molar-refractivity contribution in [3.05, 3.63) is 48.7 Å². The van der Waals surface area contributed by atoms with Crippen LogP contribution < -0.4 is 10.1 Å². The van der Waals surface area contributed by atoms with Gasteiger partial charge in [0.1, 0.15) is 11.6 Å². The Balaban J connectivity index is 2.04. The van der Waals surface area contributed by atoms with E-state index in [1.165, 1.54) is 24.3 Å². The van der Waals surface area contributed by atoms with Crippen molar-refractivity contribution in [3.63, 3.8) is 0 Å². The average Bonchev–Trinajstić information content (AvgIpc) is 2.31. The molecule has 1 aromatic heterocycles. The summed E-state index contributed by atoms with van der Waals surface area (Å²) < 4.78 is 39.6. The van der Waals surface area contributed by atoms with Gasteiger partial charge < -0.3 is 10.1 Å². The van der Waals surface area contributed by atoms with Gasteiger partial charge in [-0.25, -0.2) is 4.98 Å². The number of halogens is 3. The highest BCUT2D eigenvalue weighted by Gasteiger charge is 2.30. The molecule has 0 aliphatic rings. The molecule has 0 amide bonds. The highest BCUT2D eigenvalue weighted by molar-refractivity contribution is 5.56. The van der Waals surface area contributed by atoms with Crippen LogP contribution in [0.4, 0.5) is 24.7 Å². The summed E-state index contributed by atoms with van der Waals surface area (Å²) in [6, 6.07) is 10.8. The summed E-state index contributed by atoms with van der Waals surface area (Å²) in [5, 5.41) is 2.95. The van der Waals surface area contributed by atoms with Crippen LogP contribution in [0.15, 0.2) is 48.7 Å². The predicted molar refractivity (Wildman–Crippen MR) is 60.6 cm³/mol. The zero-order chi connectivity index (χ0) is 13.0. The van der Waals surface area contributed by atoms with E-state index in [1.54, 1.807) is 24.4 Å². The Morgan fingerprint density at radius 1 is 1.00 bits per heavy atom. The summed E-state index contributed by atoms with van der Waals surface area (Å²) in [5.74, 6) is 0.357. The normalized spacial score (nSPS) is 11.1. The van der Waals surface area contributed by atoms with Crippen molar-refractivity contribution in [3.8, 4) is 5.75 Å². The van der Waals surface area contributed by atoms with Crippen molar-refractivity contribution in [2.45, 2.75) is 6.36 Å². The van der Waals surface area contributed by atoms with Gasteiger partial charge in [-0.15, -0.1) is 13.2 Å². The van der Waals surface area contributed by atoms with Crippen molar-refractivity contribution in [1.29, 1.82) is 0 Å². The van der Waals surface area contributed by atoms with E-state index in [9.17, 15) is 13.2 Å². The second-order valence-electron chi connectivity index (χ2n) is 3.41. The van der Waals surface area contributed by atoms with E-state index in [1.807, 2.05) is 0 Å². The zero-order valence-corrected chi connectivity index (χ0v) is 9.11. The Hall–Kier alpha value is -2.24. The molecule has 0 radical (unpaired) electrons. The highest BCUT2D eigenvalue weighted by atomic mass is 19.4. The molecule has 1 heterocycles. The van der Waals surface area contributed by atoms with E-state index in [0.29, 0.717) is 11.5 Å². The third-order valence-electron chi connectivity index (χ3n) is 2.03. The third-order valence-corrected chi connectivity index (χ3v) is 2.03. The van der Waals surface area contributed by atoms with Gasteiger partial charge in [0.25, 0.3) is 0 Å². The summed E-state index contributed by atoms with van der Waals surface area (Å²) in [6.45, 7) is 0. The molecule has 0 bridgehead atoms. The maximum atomic E-state index is 11.9. The molecular formula is C12H9F3N2O. The summed E-state index contributed by atoms with van der Waals surface area (Å²) in [5.41, 5.74) is 0.628. The van der Waals surface area contributed by atoms with Gasteiger partial charge >= 0.3 is 6.36 Å². The first-order valence-corrected chi connectivity index (χ1v) is 5.07. The molecule has 1 aromatic carbocycles. The first-order valence-electron chi connectivity index (χ1n) is 5.07. The number of hydrogen-bond acceptors (Lipinski definition) is 3. The Kier molecular flexibility index (Phi) is 3.36. The Morgan fingerprint density at radius 2 is 1.72 bits per heavy atom. The minimum absolute atomic E-state index is 0.255. The lowest BCUT2D eigenvalue weighted by Crippen LogP contribution is -2.16. The first kappa shape index (κ1) is 12.2. The zero-order valence-electron chi connectivity index (χ0n) is 9.11. The molecule has 3 nitrogen and oxygen atoms in total. The van der Waals surface area contributed by atoms with Crippen LogP contribution in [0, 0.1) is 0 Å². The number of ether oxygens (including phenoxy) is 1. The van der Waals surface area contributed by atoms with Gasteiger partial charge in [-0.3, -0.25) is 0 Å². The van der Waals surface area contributed by atoms with E-state index < -0.39 is 6.36 Å². The van der Waals surface area contributed by atoms with Crippen LogP contribution in [-0.4, -0.2) is 11.3 Å². The van der Waals surface area contributed by atoms with E-state index in [0.717, 1.165) is 0 Å². The maximum Gasteiger partial charge on any atom is 0.573 e. The van der Waals surface area contributed by atoms with E-state index >= 15 is 0 Å². The van der Waals surface area contributed by atoms with Gasteiger partial charge in [0.15, 0.2) is 0 Å². The van der Waals surface area contributed by atoms with Gasteiger partial charge in [0, 0.05) is 11.9 Å². The molecule has 6 heteroatoms. The Morgan fingerprint density at radius 3 is 2.28 bits per heavy atom. The molecule has 0 saturated carbocycles. The van der Waals surface area contributed by atoms with Crippen molar-refractivity contribution in [1.82, 2.24) is 4.98 Å². The van der Waals surface area contributed by atoms with Crippen LogP contribution in [0.2, 0.25) is 0 Å². The van der Waals surface area contributed by atoms with Crippen LogP contribution in [0.25, 0.3) is 0 Å². The minimum Gasteiger partial charge on any atom is -0.406 e. The fourth-order valence-corrected chi connectivity index (χ4v) is 1.32. The number of anilines is 2. The number of aromatic nitrogens is 1. The second-order valence-corrected chi connectivity index (χ2v) is 3.41. The molecule has 1 N–H and O–H groups in total. The van der Waals surface area contributed by atoms with Gasteiger partial charge in [-0.05, 0) is 36.4 Å². The molecule has 0 spiro atoms. The van der Waals surface area contributed by atoms with Crippen LogP contribution in [-0.2, 0) is 0 Å². The van der Waals surface area contributed by atoms with Crippen LogP contribution >= 0.6 is 0 Å². The van der Waals surface area contributed by atoms with Crippen molar-refractivity contribution in [2.75, 3.05) is 5.32 Å². The number of pyridine rings is 1. The molecule has 0 fully saturated rings. The number of nitrogens with zero attached hydrogens (tertiary/aromatic N) is 1. The van der Waals surface area contributed by atoms with Crippen molar-refractivity contribution < 1.29 is 17.9 Å². The molecule has 2 rings (SSSR count). The summed E-state index contributed by atoms with van der Waals surface area (Å²) in [4.78, 5) is 4.03. The Labute approximate surface area is 101 Å². The standard InChI is InChI=1S/C12H9F3N2O/c13-12(14,15)18-10-6-4-9(5-7-10)17-11-3-1-2-8-16-11/h1-8H,(H,16,17). The molecule has 0 saturated heterocycles. The van der Waals surface area contributed by atoms with Gasteiger partial charge in [0.05, 0.1) is 0 Å². The number of nitrogens with one attached hydrogen (secondary N) is 1. The minimum atomic E-state index is -4.67. The second kappa shape index (κ2) is 4.95. The number of rotatable bonds is 3. The quantitative estimate of drug-likeness (QED) is 0.906. The number of benzene rings is 1. The smallest absolute Gasteiger partial charge is 0.406 e. The number of hydrogen-bond donors (Lipinski definition) is 1.